The predicted octanol–water partition coefficient (Wildman–Crippen LogP) is 5.94. The van der Waals surface area contributed by atoms with Gasteiger partial charge in [-0.25, -0.2) is 4.98 Å². The molecule has 1 amide bonds. The second-order valence-electron chi connectivity index (χ2n) is 7.66. The summed E-state index contributed by atoms with van der Waals surface area (Å²) >= 11 is 1.49. The molecule has 0 bridgehead atoms. The second-order valence-corrected chi connectivity index (χ2v) is 8.60. The van der Waals surface area contributed by atoms with Gasteiger partial charge in [-0.1, -0.05) is 63.7 Å². The van der Waals surface area contributed by atoms with Crippen molar-refractivity contribution in [3.63, 3.8) is 0 Å². The van der Waals surface area contributed by atoms with Crippen molar-refractivity contribution in [2.75, 3.05) is 11.1 Å². The van der Waals surface area contributed by atoms with Crippen molar-refractivity contribution < 1.29 is 4.79 Å². The minimum Gasteiger partial charge on any atom is -0.325 e. The van der Waals surface area contributed by atoms with Gasteiger partial charge in [-0.15, -0.1) is 0 Å². The number of anilines is 1. The molecule has 0 aliphatic rings. The number of aromatic nitrogens is 2. The van der Waals surface area contributed by atoms with Gasteiger partial charge in [0.05, 0.1) is 16.8 Å². The van der Waals surface area contributed by atoms with Crippen molar-refractivity contribution in [2.24, 2.45) is 5.92 Å². The molecule has 0 fully saturated rings. The zero-order valence-corrected chi connectivity index (χ0v) is 17.9. The van der Waals surface area contributed by atoms with Crippen LogP contribution in [0, 0.1) is 5.92 Å². The van der Waals surface area contributed by atoms with E-state index in [2.05, 4.69) is 55.8 Å². The number of para-hydroxylation sites is 2. The smallest absolute Gasteiger partial charge is 0.234 e. The van der Waals surface area contributed by atoms with Crippen molar-refractivity contribution in [1.82, 2.24) is 9.55 Å². The lowest BCUT2D eigenvalue weighted by Crippen LogP contribution is -2.15. The number of carbonyl (C=O) groups excluding carboxylic acids is 1. The summed E-state index contributed by atoms with van der Waals surface area (Å²) in [5, 5.41) is 3.89. The second kappa shape index (κ2) is 9.28. The molecule has 0 saturated carbocycles. The molecule has 1 N–H and O–H groups in total. The van der Waals surface area contributed by atoms with Gasteiger partial charge in [0, 0.05) is 12.2 Å². The van der Waals surface area contributed by atoms with Crippen molar-refractivity contribution in [2.45, 2.75) is 51.7 Å². The Hall–Kier alpha value is -2.27. The zero-order chi connectivity index (χ0) is 20.1. The van der Waals surface area contributed by atoms with E-state index in [1.54, 1.807) is 0 Å². The van der Waals surface area contributed by atoms with E-state index in [-0.39, 0.29) is 5.91 Å². The number of amides is 1. The van der Waals surface area contributed by atoms with Crippen LogP contribution in [-0.2, 0) is 11.3 Å². The van der Waals surface area contributed by atoms with Gasteiger partial charge in [-0.05, 0) is 48.1 Å². The molecule has 1 heterocycles. The van der Waals surface area contributed by atoms with Crippen molar-refractivity contribution >= 4 is 34.4 Å². The summed E-state index contributed by atoms with van der Waals surface area (Å²) < 4.78 is 2.22. The molecule has 0 aliphatic heterocycles. The number of benzene rings is 2. The van der Waals surface area contributed by atoms with Gasteiger partial charge in [-0.2, -0.15) is 0 Å². The van der Waals surface area contributed by atoms with Crippen molar-refractivity contribution in [3.05, 3.63) is 54.1 Å². The molecular weight excluding hydrogens is 366 g/mol. The van der Waals surface area contributed by atoms with Crippen LogP contribution in [0.1, 0.15) is 45.6 Å². The van der Waals surface area contributed by atoms with E-state index in [9.17, 15) is 4.79 Å². The van der Waals surface area contributed by atoms with Gasteiger partial charge < -0.3 is 9.88 Å². The predicted molar refractivity (Wildman–Crippen MR) is 119 cm³/mol. The Balaban J connectivity index is 1.66. The number of nitrogens with zero attached hydrogens (tertiary/aromatic N) is 2. The molecule has 1 aromatic heterocycles. The Morgan fingerprint density at radius 1 is 1.11 bits per heavy atom. The summed E-state index contributed by atoms with van der Waals surface area (Å²) in [6.07, 6.45) is 1.11. The molecule has 148 valence electrons. The highest BCUT2D eigenvalue weighted by molar-refractivity contribution is 7.99. The third-order valence-electron chi connectivity index (χ3n) is 4.88. The SMILES string of the molecule is CC[C@H](C)c1ccc(NC(=O)CSc2nc3ccccc3n2CC(C)C)cc1. The number of rotatable bonds is 8. The first-order chi connectivity index (χ1) is 13.5. The normalized spacial score (nSPS) is 12.5. The fraction of sp³-hybridized carbons (Fsp3) is 0.391. The molecule has 4 nitrogen and oxygen atoms in total. The van der Waals surface area contributed by atoms with E-state index in [1.165, 1.54) is 17.3 Å². The van der Waals surface area contributed by atoms with E-state index >= 15 is 0 Å². The number of hydrogen-bond donors (Lipinski definition) is 1. The Morgan fingerprint density at radius 2 is 1.82 bits per heavy atom. The van der Waals surface area contributed by atoms with Gasteiger partial charge in [0.2, 0.25) is 5.91 Å². The molecule has 3 aromatic rings. The molecule has 2 aromatic carbocycles. The third-order valence-corrected chi connectivity index (χ3v) is 5.85. The molecule has 0 spiro atoms. The Kier molecular flexibility index (Phi) is 6.79. The molecule has 0 unspecified atom stereocenters. The fourth-order valence-electron chi connectivity index (χ4n) is 3.16. The first kappa shape index (κ1) is 20.5. The molecule has 28 heavy (non-hydrogen) atoms. The van der Waals surface area contributed by atoms with E-state index in [0.29, 0.717) is 17.6 Å². The minimum atomic E-state index is -0.00977. The summed E-state index contributed by atoms with van der Waals surface area (Å²) in [4.78, 5) is 17.2. The lowest BCUT2D eigenvalue weighted by molar-refractivity contribution is -0.113. The summed E-state index contributed by atoms with van der Waals surface area (Å²) in [6.45, 7) is 9.68. The molecule has 5 heteroatoms. The average molecular weight is 396 g/mol. The van der Waals surface area contributed by atoms with Gasteiger partial charge in [0.25, 0.3) is 0 Å². The molecule has 1 atom stereocenters. The number of imidazole rings is 1. The molecule has 3 rings (SSSR count). The minimum absolute atomic E-state index is 0.00977. The highest BCUT2D eigenvalue weighted by Gasteiger charge is 2.14. The lowest BCUT2D eigenvalue weighted by Gasteiger charge is -2.12. The average Bonchev–Trinajstić information content (AvgIpc) is 3.03. The zero-order valence-electron chi connectivity index (χ0n) is 17.1. The van der Waals surface area contributed by atoms with Crippen LogP contribution in [0.4, 0.5) is 5.69 Å². The Bertz CT molecular complexity index is 931. The number of fused-ring (bicyclic) bond motifs is 1. The van der Waals surface area contributed by atoms with E-state index in [1.807, 2.05) is 30.3 Å². The number of thioether (sulfide) groups is 1. The topological polar surface area (TPSA) is 46.9 Å². The van der Waals surface area contributed by atoms with Crippen LogP contribution in [0.25, 0.3) is 11.0 Å². The first-order valence-corrected chi connectivity index (χ1v) is 10.9. The quantitative estimate of drug-likeness (QED) is 0.480. The third kappa shape index (κ3) is 4.96. The maximum atomic E-state index is 12.4. The molecule has 0 saturated heterocycles. The largest absolute Gasteiger partial charge is 0.325 e. The molecule has 0 aliphatic carbocycles. The highest BCUT2D eigenvalue weighted by atomic mass is 32.2. The molecule has 0 radical (unpaired) electrons. The van der Waals surface area contributed by atoms with Gasteiger partial charge in [-0.3, -0.25) is 4.79 Å². The van der Waals surface area contributed by atoms with Crippen LogP contribution in [0.2, 0.25) is 0 Å². The van der Waals surface area contributed by atoms with Crippen LogP contribution in [0.3, 0.4) is 0 Å². The van der Waals surface area contributed by atoms with E-state index in [4.69, 9.17) is 4.98 Å². The maximum absolute atomic E-state index is 12.4. The number of hydrogen-bond acceptors (Lipinski definition) is 3. The first-order valence-electron chi connectivity index (χ1n) is 9.95. The van der Waals surface area contributed by atoms with Crippen LogP contribution < -0.4 is 5.32 Å². The maximum Gasteiger partial charge on any atom is 0.234 e. The lowest BCUT2D eigenvalue weighted by atomic mass is 9.99. The summed E-state index contributed by atoms with van der Waals surface area (Å²) in [5.74, 6) is 1.38. The van der Waals surface area contributed by atoms with Crippen LogP contribution in [0.5, 0.6) is 0 Å². The van der Waals surface area contributed by atoms with Gasteiger partial charge in [0.15, 0.2) is 5.16 Å². The molecular formula is C23H29N3OS. The highest BCUT2D eigenvalue weighted by Crippen LogP contribution is 2.26. The standard InChI is InChI=1S/C23H29N3OS/c1-5-17(4)18-10-12-19(13-11-18)24-22(27)15-28-23-25-20-8-6-7-9-21(20)26(23)14-16(2)3/h6-13,16-17H,5,14-15H2,1-4H3,(H,24,27)/t17-/m0/s1. The Morgan fingerprint density at radius 3 is 2.50 bits per heavy atom. The summed E-state index contributed by atoms with van der Waals surface area (Å²) in [5.41, 5.74) is 4.25. The number of carbonyl (C=O) groups is 1. The summed E-state index contributed by atoms with van der Waals surface area (Å²) in [6, 6.07) is 16.3. The van der Waals surface area contributed by atoms with Crippen molar-refractivity contribution in [1.29, 1.82) is 0 Å². The van der Waals surface area contributed by atoms with Crippen molar-refractivity contribution in [3.8, 4) is 0 Å². The number of nitrogens with one attached hydrogen (secondary N) is 1. The summed E-state index contributed by atoms with van der Waals surface area (Å²) in [7, 11) is 0. The van der Waals surface area contributed by atoms with E-state index in [0.717, 1.165) is 34.8 Å². The van der Waals surface area contributed by atoms with Gasteiger partial charge >= 0.3 is 0 Å². The fourth-order valence-corrected chi connectivity index (χ4v) is 3.99. The van der Waals surface area contributed by atoms with Crippen LogP contribution in [0.15, 0.2) is 53.7 Å². The van der Waals surface area contributed by atoms with Gasteiger partial charge in [0.1, 0.15) is 0 Å². The monoisotopic (exact) mass is 395 g/mol. The Labute approximate surface area is 171 Å². The van der Waals surface area contributed by atoms with Crippen LogP contribution in [-0.4, -0.2) is 21.2 Å². The van der Waals surface area contributed by atoms with E-state index < -0.39 is 0 Å². The van der Waals surface area contributed by atoms with Crippen LogP contribution >= 0.6 is 11.8 Å².